The van der Waals surface area contributed by atoms with Crippen molar-refractivity contribution < 1.29 is 14.7 Å². The van der Waals surface area contributed by atoms with Crippen molar-refractivity contribution in [1.29, 1.82) is 0 Å². The largest absolute Gasteiger partial charge is 0.480 e. The van der Waals surface area contributed by atoms with Crippen molar-refractivity contribution in [2.45, 2.75) is 32.4 Å². The highest BCUT2D eigenvalue weighted by molar-refractivity contribution is 5.86. The zero-order valence-electron chi connectivity index (χ0n) is 8.15. The van der Waals surface area contributed by atoms with Crippen molar-refractivity contribution >= 4 is 11.9 Å². The number of rotatable bonds is 4. The number of hydrogen-bond donors (Lipinski definition) is 2. The van der Waals surface area contributed by atoms with Gasteiger partial charge in [0.1, 0.15) is 6.04 Å². The van der Waals surface area contributed by atoms with Gasteiger partial charge in [0.15, 0.2) is 0 Å². The van der Waals surface area contributed by atoms with Crippen LogP contribution in [0.25, 0.3) is 0 Å². The molecule has 0 spiro atoms. The second-order valence-corrected chi connectivity index (χ2v) is 2.98. The summed E-state index contributed by atoms with van der Waals surface area (Å²) in [5.74, 6) is -1.36. The van der Waals surface area contributed by atoms with Gasteiger partial charge in [-0.15, -0.1) is 0 Å². The molecule has 3 N–H and O–H groups in total. The molecule has 0 aromatic heterocycles. The first kappa shape index (κ1) is 11.9. The van der Waals surface area contributed by atoms with Gasteiger partial charge >= 0.3 is 5.97 Å². The number of carbonyl (C=O) groups is 2. The third-order valence-corrected chi connectivity index (χ3v) is 2.04. The van der Waals surface area contributed by atoms with E-state index in [1.807, 2.05) is 0 Å². The molecule has 5 nitrogen and oxygen atoms in total. The molecule has 76 valence electrons. The van der Waals surface area contributed by atoms with Crippen LogP contribution in [0, 0.1) is 0 Å². The van der Waals surface area contributed by atoms with Gasteiger partial charge in [-0.3, -0.25) is 4.79 Å². The van der Waals surface area contributed by atoms with Crippen molar-refractivity contribution in [3.63, 3.8) is 0 Å². The molecule has 0 heterocycles. The minimum absolute atomic E-state index is 0.336. The maximum atomic E-state index is 11.4. The maximum Gasteiger partial charge on any atom is 0.326 e. The molecule has 0 rings (SSSR count). The van der Waals surface area contributed by atoms with E-state index >= 15 is 0 Å². The average molecular weight is 188 g/mol. The number of amides is 1. The highest BCUT2D eigenvalue weighted by Crippen LogP contribution is 2.00. The molecular formula is C8H16N2O3. The normalized spacial score (nSPS) is 14.8. The highest BCUT2D eigenvalue weighted by Gasteiger charge is 2.24. The lowest BCUT2D eigenvalue weighted by atomic mass is 10.2. The molecule has 1 amide bonds. The van der Waals surface area contributed by atoms with Gasteiger partial charge < -0.3 is 15.7 Å². The van der Waals surface area contributed by atoms with Crippen molar-refractivity contribution in [3.8, 4) is 0 Å². The van der Waals surface area contributed by atoms with E-state index in [0.29, 0.717) is 6.42 Å². The molecule has 0 aromatic rings. The fourth-order valence-electron chi connectivity index (χ4n) is 0.793. The fraction of sp³-hybridized carbons (Fsp3) is 0.750. The summed E-state index contributed by atoms with van der Waals surface area (Å²) in [5, 5.41) is 8.62. The minimum atomic E-state index is -1.03. The van der Waals surface area contributed by atoms with E-state index in [9.17, 15) is 9.59 Å². The van der Waals surface area contributed by atoms with E-state index in [4.69, 9.17) is 10.8 Å². The average Bonchev–Trinajstić information content (AvgIpc) is 2.12. The molecule has 0 bridgehead atoms. The van der Waals surface area contributed by atoms with Gasteiger partial charge in [0.2, 0.25) is 5.91 Å². The summed E-state index contributed by atoms with van der Waals surface area (Å²) < 4.78 is 0. The van der Waals surface area contributed by atoms with Crippen LogP contribution in [0.3, 0.4) is 0 Å². The summed E-state index contributed by atoms with van der Waals surface area (Å²) in [6, 6.07) is -1.43. The lowest BCUT2D eigenvalue weighted by Gasteiger charge is -2.24. The monoisotopic (exact) mass is 188 g/mol. The van der Waals surface area contributed by atoms with Crippen molar-refractivity contribution in [2.24, 2.45) is 5.73 Å². The number of hydrogen-bond acceptors (Lipinski definition) is 3. The Morgan fingerprint density at radius 1 is 1.54 bits per heavy atom. The van der Waals surface area contributed by atoms with Crippen LogP contribution in [0.15, 0.2) is 0 Å². The number of carboxylic acids is 1. The zero-order valence-corrected chi connectivity index (χ0v) is 8.15. The van der Waals surface area contributed by atoms with Gasteiger partial charge in [-0.2, -0.15) is 0 Å². The molecule has 5 heteroatoms. The van der Waals surface area contributed by atoms with Crippen molar-refractivity contribution in [3.05, 3.63) is 0 Å². The number of likely N-dealkylation sites (N-methyl/N-ethyl adjacent to an activating group) is 1. The Hall–Kier alpha value is -1.10. The van der Waals surface area contributed by atoms with Gasteiger partial charge in [-0.1, -0.05) is 6.92 Å². The van der Waals surface area contributed by atoms with Crippen LogP contribution in [0.4, 0.5) is 0 Å². The van der Waals surface area contributed by atoms with Crippen LogP contribution in [0.1, 0.15) is 20.3 Å². The Bertz CT molecular complexity index is 206. The number of nitrogens with two attached hydrogens (primary N) is 1. The summed E-state index contributed by atoms with van der Waals surface area (Å²) in [6.45, 7) is 3.23. The molecule has 0 saturated heterocycles. The topological polar surface area (TPSA) is 83.6 Å². The Morgan fingerprint density at radius 3 is 2.31 bits per heavy atom. The number of carbonyl (C=O) groups excluding carboxylic acids is 1. The predicted octanol–water partition coefficient (Wildman–Crippen LogP) is -0.345. The summed E-state index contributed by atoms with van der Waals surface area (Å²) in [5.41, 5.74) is 5.47. The van der Waals surface area contributed by atoms with E-state index in [1.165, 1.54) is 14.0 Å². The smallest absolute Gasteiger partial charge is 0.326 e. The molecule has 0 aliphatic heterocycles. The van der Waals surface area contributed by atoms with Gasteiger partial charge in [-0.25, -0.2) is 4.79 Å². The Labute approximate surface area is 77.5 Å². The van der Waals surface area contributed by atoms with Crippen LogP contribution < -0.4 is 5.73 Å². The molecule has 0 radical (unpaired) electrons. The first-order chi connectivity index (χ1) is 5.91. The quantitative estimate of drug-likeness (QED) is 0.632. The SMILES string of the molecule is CC[C@@H](N)C(=O)N(C)C(C)C(=O)O. The Kier molecular flexibility index (Phi) is 4.40. The number of aliphatic carboxylic acids is 1. The van der Waals surface area contributed by atoms with Crippen LogP contribution >= 0.6 is 0 Å². The first-order valence-corrected chi connectivity index (χ1v) is 4.16. The fourth-order valence-corrected chi connectivity index (χ4v) is 0.793. The van der Waals surface area contributed by atoms with Crippen LogP contribution in [-0.2, 0) is 9.59 Å². The Balaban J connectivity index is 4.33. The van der Waals surface area contributed by atoms with E-state index in [0.717, 1.165) is 4.90 Å². The summed E-state index contributed by atoms with van der Waals surface area (Å²) in [4.78, 5) is 23.0. The van der Waals surface area contributed by atoms with Gasteiger partial charge in [0.25, 0.3) is 0 Å². The van der Waals surface area contributed by atoms with Crippen LogP contribution in [0.5, 0.6) is 0 Å². The van der Waals surface area contributed by atoms with E-state index in [-0.39, 0.29) is 5.91 Å². The number of carboxylic acid groups (broad SMARTS) is 1. The van der Waals surface area contributed by atoms with Gasteiger partial charge in [0, 0.05) is 7.05 Å². The van der Waals surface area contributed by atoms with Crippen LogP contribution in [0.2, 0.25) is 0 Å². The molecule has 0 aliphatic rings. The maximum absolute atomic E-state index is 11.4. The van der Waals surface area contributed by atoms with Crippen LogP contribution in [-0.4, -0.2) is 41.0 Å². The molecule has 13 heavy (non-hydrogen) atoms. The second kappa shape index (κ2) is 4.81. The van der Waals surface area contributed by atoms with E-state index < -0.39 is 18.1 Å². The molecule has 0 aliphatic carbocycles. The van der Waals surface area contributed by atoms with E-state index in [2.05, 4.69) is 0 Å². The van der Waals surface area contributed by atoms with Crippen molar-refractivity contribution in [2.75, 3.05) is 7.05 Å². The standard InChI is InChI=1S/C8H16N2O3/c1-4-6(9)7(11)10(3)5(2)8(12)13/h5-6H,4,9H2,1-3H3,(H,12,13)/t5?,6-/m1/s1. The summed E-state index contributed by atoms with van der Waals surface area (Å²) >= 11 is 0. The zero-order chi connectivity index (χ0) is 10.6. The first-order valence-electron chi connectivity index (χ1n) is 4.16. The third-order valence-electron chi connectivity index (χ3n) is 2.04. The molecule has 0 aromatic carbocycles. The molecular weight excluding hydrogens is 172 g/mol. The molecule has 0 saturated carbocycles. The van der Waals surface area contributed by atoms with Gasteiger partial charge in [-0.05, 0) is 13.3 Å². The second-order valence-electron chi connectivity index (χ2n) is 2.98. The number of nitrogens with zero attached hydrogens (tertiary/aromatic N) is 1. The Morgan fingerprint density at radius 2 is 2.00 bits per heavy atom. The lowest BCUT2D eigenvalue weighted by Crippen LogP contribution is -2.47. The van der Waals surface area contributed by atoms with E-state index in [1.54, 1.807) is 6.92 Å². The van der Waals surface area contributed by atoms with Gasteiger partial charge in [0.05, 0.1) is 6.04 Å². The molecule has 2 atom stereocenters. The lowest BCUT2D eigenvalue weighted by molar-refractivity contribution is -0.148. The summed E-state index contributed by atoms with van der Waals surface area (Å²) in [7, 11) is 1.44. The van der Waals surface area contributed by atoms with Crippen molar-refractivity contribution in [1.82, 2.24) is 4.90 Å². The highest BCUT2D eigenvalue weighted by atomic mass is 16.4. The molecule has 0 fully saturated rings. The third kappa shape index (κ3) is 3.02. The minimum Gasteiger partial charge on any atom is -0.480 e. The molecule has 1 unspecified atom stereocenters. The predicted molar refractivity (Wildman–Crippen MR) is 48.1 cm³/mol. The summed E-state index contributed by atoms with van der Waals surface area (Å²) in [6.07, 6.45) is 0.509.